The lowest BCUT2D eigenvalue weighted by atomic mass is 10.1. The number of unbranched alkanes of at least 4 members (excludes halogenated alkanes) is 7. The second-order valence-corrected chi connectivity index (χ2v) is 8.99. The predicted octanol–water partition coefficient (Wildman–Crippen LogP) is 7.63. The summed E-state index contributed by atoms with van der Waals surface area (Å²) in [5, 5.41) is 8.91. The first-order chi connectivity index (χ1) is 15.5. The van der Waals surface area contributed by atoms with E-state index < -0.39 is 5.97 Å². The number of carboxylic acids is 1. The molecule has 2 aromatic rings. The monoisotopic (exact) mass is 454 g/mol. The van der Waals surface area contributed by atoms with Gasteiger partial charge in [0, 0.05) is 16.0 Å². The van der Waals surface area contributed by atoms with Gasteiger partial charge in [-0.05, 0) is 73.1 Å². The Kier molecular flexibility index (Phi) is 11.7. The predicted molar refractivity (Wildman–Crippen MR) is 132 cm³/mol. The third-order valence-corrected chi connectivity index (χ3v) is 6.10. The average molecular weight is 455 g/mol. The molecule has 2 aromatic carbocycles. The van der Waals surface area contributed by atoms with E-state index in [1.807, 2.05) is 36.4 Å². The van der Waals surface area contributed by atoms with Crippen LogP contribution in [0.25, 0.3) is 6.08 Å². The van der Waals surface area contributed by atoms with Crippen LogP contribution in [0.2, 0.25) is 0 Å². The van der Waals surface area contributed by atoms with Crippen molar-refractivity contribution < 1.29 is 19.4 Å². The summed E-state index contributed by atoms with van der Waals surface area (Å²) < 4.78 is 5.80. The quantitative estimate of drug-likeness (QED) is 0.181. The Labute approximate surface area is 196 Å². The van der Waals surface area contributed by atoms with Crippen molar-refractivity contribution in [1.82, 2.24) is 0 Å². The zero-order valence-electron chi connectivity index (χ0n) is 19.1. The van der Waals surface area contributed by atoms with Crippen molar-refractivity contribution in [2.24, 2.45) is 0 Å². The minimum absolute atomic E-state index is 0.0374. The molecule has 0 radical (unpaired) electrons. The smallest absolute Gasteiger partial charge is 0.331 e. The van der Waals surface area contributed by atoms with Gasteiger partial charge in [-0.1, -0.05) is 64.0 Å². The standard InChI is InChI=1S/C27H34O4S/c1-3-4-5-6-7-8-9-10-19-31-24-15-13-23(14-16-24)27(30)32-25-17-11-22(12-18-25)20-21(2)26(28)29/h11-18,20H,3-10,19H2,1-2H3,(H,28,29). The molecule has 32 heavy (non-hydrogen) atoms. The number of hydrogen-bond acceptors (Lipinski definition) is 4. The second-order valence-electron chi connectivity index (χ2n) is 7.94. The molecule has 2 rings (SSSR count). The molecule has 0 aromatic heterocycles. The van der Waals surface area contributed by atoms with Gasteiger partial charge in [-0.2, -0.15) is 0 Å². The Balaban J connectivity index is 1.72. The Hall–Kier alpha value is -2.53. The number of thioether (sulfide) groups is 1. The highest BCUT2D eigenvalue weighted by atomic mass is 32.2. The van der Waals surface area contributed by atoms with Crippen LogP contribution >= 0.6 is 11.8 Å². The molecule has 0 unspecified atom stereocenters. The van der Waals surface area contributed by atoms with Crippen LogP contribution in [0.1, 0.15) is 81.1 Å². The molecule has 1 N–H and O–H groups in total. The fourth-order valence-electron chi connectivity index (χ4n) is 3.22. The highest BCUT2D eigenvalue weighted by Crippen LogP contribution is 2.25. The van der Waals surface area contributed by atoms with Gasteiger partial charge in [0.05, 0.1) is 6.61 Å². The third-order valence-electron chi connectivity index (χ3n) is 5.17. The molecule has 0 amide bonds. The summed E-state index contributed by atoms with van der Waals surface area (Å²) in [4.78, 5) is 24.3. The molecule has 0 atom stereocenters. The number of benzene rings is 2. The van der Waals surface area contributed by atoms with Crippen LogP contribution in [0.15, 0.2) is 59.0 Å². The Morgan fingerprint density at radius 1 is 0.875 bits per heavy atom. The van der Waals surface area contributed by atoms with Crippen molar-refractivity contribution in [3.05, 3.63) is 65.2 Å². The van der Waals surface area contributed by atoms with Crippen molar-refractivity contribution in [3.63, 3.8) is 0 Å². The van der Waals surface area contributed by atoms with Crippen molar-refractivity contribution >= 4 is 28.9 Å². The van der Waals surface area contributed by atoms with Crippen LogP contribution in [0.5, 0.6) is 5.75 Å². The summed E-state index contributed by atoms with van der Waals surface area (Å²) in [6.45, 7) is 4.50. The summed E-state index contributed by atoms with van der Waals surface area (Å²) in [5.74, 6) is -0.150. The molecule has 4 nitrogen and oxygen atoms in total. The van der Waals surface area contributed by atoms with Crippen LogP contribution in [-0.4, -0.2) is 22.8 Å². The third kappa shape index (κ3) is 9.73. The van der Waals surface area contributed by atoms with Gasteiger partial charge in [-0.3, -0.25) is 4.79 Å². The van der Waals surface area contributed by atoms with E-state index in [-0.39, 0.29) is 10.7 Å². The molecule has 0 saturated heterocycles. The molecule has 0 heterocycles. The van der Waals surface area contributed by atoms with Gasteiger partial charge in [0.1, 0.15) is 5.75 Å². The molecular weight excluding hydrogens is 420 g/mol. The van der Waals surface area contributed by atoms with Crippen LogP contribution in [0.4, 0.5) is 0 Å². The van der Waals surface area contributed by atoms with E-state index in [0.29, 0.717) is 12.2 Å². The molecule has 0 aliphatic heterocycles. The Bertz CT molecular complexity index is 870. The molecule has 0 fully saturated rings. The number of hydrogen-bond donors (Lipinski definition) is 1. The number of rotatable bonds is 14. The SMILES string of the molecule is CCCCCCCCCCOc1ccc(C(=O)Sc2ccc(C=C(C)C(=O)O)cc2)cc1. The van der Waals surface area contributed by atoms with Gasteiger partial charge in [-0.25, -0.2) is 4.79 Å². The fourth-order valence-corrected chi connectivity index (χ4v) is 3.96. The van der Waals surface area contributed by atoms with E-state index in [0.717, 1.165) is 34.4 Å². The van der Waals surface area contributed by atoms with Crippen LogP contribution in [-0.2, 0) is 4.79 Å². The molecule has 172 valence electrons. The van der Waals surface area contributed by atoms with E-state index >= 15 is 0 Å². The van der Waals surface area contributed by atoms with E-state index in [9.17, 15) is 9.59 Å². The van der Waals surface area contributed by atoms with E-state index in [4.69, 9.17) is 9.84 Å². The first-order valence-corrected chi connectivity index (χ1v) is 12.3. The Morgan fingerprint density at radius 2 is 1.47 bits per heavy atom. The molecule has 0 spiro atoms. The van der Waals surface area contributed by atoms with Crippen molar-refractivity contribution in [3.8, 4) is 5.75 Å². The Morgan fingerprint density at radius 3 is 2.06 bits per heavy atom. The van der Waals surface area contributed by atoms with E-state index in [2.05, 4.69) is 6.92 Å². The van der Waals surface area contributed by atoms with Gasteiger partial charge in [-0.15, -0.1) is 0 Å². The maximum absolute atomic E-state index is 12.5. The number of carboxylic acid groups (broad SMARTS) is 1. The molecular formula is C27H34O4S. The van der Waals surface area contributed by atoms with Gasteiger partial charge >= 0.3 is 5.97 Å². The molecule has 0 saturated carbocycles. The number of ether oxygens (including phenoxy) is 1. The zero-order chi connectivity index (χ0) is 23.2. The van der Waals surface area contributed by atoms with Crippen molar-refractivity contribution in [2.75, 3.05) is 6.61 Å². The molecule has 5 heteroatoms. The highest BCUT2D eigenvalue weighted by Gasteiger charge is 2.09. The first kappa shape index (κ1) is 25.7. The maximum atomic E-state index is 12.5. The van der Waals surface area contributed by atoms with E-state index in [1.54, 1.807) is 25.1 Å². The molecule has 0 bridgehead atoms. The van der Waals surface area contributed by atoms with Gasteiger partial charge in [0.15, 0.2) is 0 Å². The van der Waals surface area contributed by atoms with Gasteiger partial charge in [0.2, 0.25) is 5.12 Å². The molecule has 0 aliphatic rings. The maximum Gasteiger partial charge on any atom is 0.331 e. The zero-order valence-corrected chi connectivity index (χ0v) is 20.0. The first-order valence-electron chi connectivity index (χ1n) is 11.5. The van der Waals surface area contributed by atoms with Crippen molar-refractivity contribution in [2.45, 2.75) is 70.1 Å². The lowest BCUT2D eigenvalue weighted by molar-refractivity contribution is -0.132. The van der Waals surface area contributed by atoms with Crippen molar-refractivity contribution in [1.29, 1.82) is 0 Å². The number of carbonyl (C=O) groups excluding carboxylic acids is 1. The van der Waals surface area contributed by atoms with Crippen LogP contribution in [0, 0.1) is 0 Å². The van der Waals surface area contributed by atoms with Crippen LogP contribution in [0.3, 0.4) is 0 Å². The number of aliphatic carboxylic acids is 1. The molecule has 0 aliphatic carbocycles. The summed E-state index contributed by atoms with van der Waals surface area (Å²) in [5.41, 5.74) is 1.69. The summed E-state index contributed by atoms with van der Waals surface area (Å²) >= 11 is 1.15. The normalized spacial score (nSPS) is 11.4. The minimum atomic E-state index is -0.941. The topological polar surface area (TPSA) is 63.6 Å². The number of carbonyl (C=O) groups is 2. The van der Waals surface area contributed by atoms with Gasteiger partial charge in [0.25, 0.3) is 0 Å². The minimum Gasteiger partial charge on any atom is -0.494 e. The van der Waals surface area contributed by atoms with Gasteiger partial charge < -0.3 is 9.84 Å². The highest BCUT2D eigenvalue weighted by molar-refractivity contribution is 8.14. The second kappa shape index (κ2) is 14.5. The summed E-state index contributed by atoms with van der Waals surface area (Å²) in [7, 11) is 0. The van der Waals surface area contributed by atoms with E-state index in [1.165, 1.54) is 44.9 Å². The summed E-state index contributed by atoms with van der Waals surface area (Å²) in [6, 6.07) is 14.6. The average Bonchev–Trinajstić information content (AvgIpc) is 2.79. The largest absolute Gasteiger partial charge is 0.494 e. The lowest BCUT2D eigenvalue weighted by Crippen LogP contribution is -1.98. The lowest BCUT2D eigenvalue weighted by Gasteiger charge is -2.07. The fraction of sp³-hybridized carbons (Fsp3) is 0.407. The summed E-state index contributed by atoms with van der Waals surface area (Å²) in [6.07, 6.45) is 11.8. The van der Waals surface area contributed by atoms with Crippen LogP contribution < -0.4 is 4.74 Å².